The van der Waals surface area contributed by atoms with Crippen LogP contribution in [0.2, 0.25) is 0 Å². The number of alkyl halides is 3. The fourth-order valence-corrected chi connectivity index (χ4v) is 1.29. The SMILES string of the molecule is [N-]=[N+]=NC(Cc1ccc(OC(F)(F)F)cc1)C(=O)O. The summed E-state index contributed by atoms with van der Waals surface area (Å²) < 4.78 is 39.4. The average Bonchev–Trinajstić information content (AvgIpc) is 2.29. The second kappa shape index (κ2) is 5.96. The van der Waals surface area contributed by atoms with Crippen molar-refractivity contribution in [2.75, 3.05) is 0 Å². The van der Waals surface area contributed by atoms with E-state index in [0.717, 1.165) is 12.1 Å². The summed E-state index contributed by atoms with van der Waals surface area (Å²) in [6.45, 7) is 0. The fourth-order valence-electron chi connectivity index (χ4n) is 1.29. The molecule has 0 heterocycles. The molecule has 19 heavy (non-hydrogen) atoms. The van der Waals surface area contributed by atoms with Gasteiger partial charge in [0.15, 0.2) is 0 Å². The van der Waals surface area contributed by atoms with Crippen molar-refractivity contribution in [1.82, 2.24) is 0 Å². The molecule has 0 aliphatic heterocycles. The first-order valence-corrected chi connectivity index (χ1v) is 4.93. The van der Waals surface area contributed by atoms with E-state index in [1.54, 1.807) is 0 Å². The van der Waals surface area contributed by atoms with Crippen molar-refractivity contribution in [3.8, 4) is 5.75 Å². The van der Waals surface area contributed by atoms with Gasteiger partial charge < -0.3 is 9.84 Å². The number of azide groups is 1. The van der Waals surface area contributed by atoms with Crippen molar-refractivity contribution in [1.29, 1.82) is 0 Å². The number of aliphatic carboxylic acids is 1. The molecule has 1 atom stereocenters. The molecule has 0 bridgehead atoms. The molecule has 0 radical (unpaired) electrons. The van der Waals surface area contributed by atoms with E-state index in [1.807, 2.05) is 0 Å². The van der Waals surface area contributed by atoms with E-state index in [2.05, 4.69) is 14.8 Å². The third kappa shape index (κ3) is 5.17. The molecule has 0 amide bonds. The molecule has 0 spiro atoms. The number of rotatable bonds is 5. The Labute approximate surface area is 105 Å². The van der Waals surface area contributed by atoms with Crippen molar-refractivity contribution in [2.24, 2.45) is 5.11 Å². The van der Waals surface area contributed by atoms with Crippen LogP contribution in [-0.2, 0) is 11.2 Å². The van der Waals surface area contributed by atoms with Crippen LogP contribution >= 0.6 is 0 Å². The summed E-state index contributed by atoms with van der Waals surface area (Å²) in [6.07, 6.45) is -4.90. The van der Waals surface area contributed by atoms with Gasteiger partial charge in [-0.05, 0) is 29.6 Å². The molecular formula is C10H8F3N3O3. The molecule has 0 aliphatic rings. The van der Waals surface area contributed by atoms with Crippen LogP contribution in [0.25, 0.3) is 10.4 Å². The third-order valence-corrected chi connectivity index (χ3v) is 2.06. The lowest BCUT2D eigenvalue weighted by Crippen LogP contribution is -2.20. The topological polar surface area (TPSA) is 95.3 Å². The van der Waals surface area contributed by atoms with Crippen LogP contribution in [0, 0.1) is 0 Å². The molecule has 0 saturated carbocycles. The van der Waals surface area contributed by atoms with Gasteiger partial charge in [0.2, 0.25) is 0 Å². The molecule has 0 aromatic heterocycles. The summed E-state index contributed by atoms with van der Waals surface area (Å²) in [4.78, 5) is 13.1. The summed E-state index contributed by atoms with van der Waals surface area (Å²) in [5.74, 6) is -1.72. The number of halogens is 3. The summed E-state index contributed by atoms with van der Waals surface area (Å²) in [6, 6.07) is 3.34. The van der Waals surface area contributed by atoms with Gasteiger partial charge in [-0.1, -0.05) is 17.2 Å². The van der Waals surface area contributed by atoms with Gasteiger partial charge in [-0.15, -0.1) is 13.2 Å². The highest BCUT2D eigenvalue weighted by atomic mass is 19.4. The molecule has 1 unspecified atom stereocenters. The van der Waals surface area contributed by atoms with Crippen LogP contribution in [0.1, 0.15) is 5.56 Å². The fraction of sp³-hybridized carbons (Fsp3) is 0.300. The van der Waals surface area contributed by atoms with Crippen molar-refractivity contribution < 1.29 is 27.8 Å². The maximum atomic E-state index is 11.9. The zero-order valence-corrected chi connectivity index (χ0v) is 9.33. The van der Waals surface area contributed by atoms with E-state index in [-0.39, 0.29) is 6.42 Å². The van der Waals surface area contributed by atoms with Gasteiger partial charge in [0, 0.05) is 4.91 Å². The lowest BCUT2D eigenvalue weighted by Gasteiger charge is -2.10. The number of carboxylic acid groups (broad SMARTS) is 1. The van der Waals surface area contributed by atoms with Gasteiger partial charge in [0.05, 0.1) is 0 Å². The Morgan fingerprint density at radius 2 is 2.00 bits per heavy atom. The zero-order chi connectivity index (χ0) is 14.5. The first-order chi connectivity index (χ1) is 8.81. The molecule has 9 heteroatoms. The van der Waals surface area contributed by atoms with E-state index < -0.39 is 24.1 Å². The number of ether oxygens (including phenoxy) is 1. The summed E-state index contributed by atoms with van der Waals surface area (Å²) in [7, 11) is 0. The third-order valence-electron chi connectivity index (χ3n) is 2.06. The lowest BCUT2D eigenvalue weighted by atomic mass is 10.1. The highest BCUT2D eigenvalue weighted by Gasteiger charge is 2.31. The quantitative estimate of drug-likeness (QED) is 0.508. The second-order valence-electron chi connectivity index (χ2n) is 3.45. The number of nitrogens with zero attached hydrogens (tertiary/aromatic N) is 3. The normalized spacial score (nSPS) is 12.4. The number of hydrogen-bond acceptors (Lipinski definition) is 3. The lowest BCUT2D eigenvalue weighted by molar-refractivity contribution is -0.274. The minimum absolute atomic E-state index is 0.119. The first-order valence-electron chi connectivity index (χ1n) is 4.93. The van der Waals surface area contributed by atoms with Crippen LogP contribution in [0.4, 0.5) is 13.2 Å². The Morgan fingerprint density at radius 3 is 2.42 bits per heavy atom. The smallest absolute Gasteiger partial charge is 0.481 e. The van der Waals surface area contributed by atoms with Gasteiger partial charge in [-0.3, -0.25) is 4.79 Å². The van der Waals surface area contributed by atoms with E-state index in [4.69, 9.17) is 10.6 Å². The van der Waals surface area contributed by atoms with Crippen molar-refractivity contribution in [3.63, 3.8) is 0 Å². The maximum absolute atomic E-state index is 11.9. The van der Waals surface area contributed by atoms with Crippen LogP contribution in [0.15, 0.2) is 29.4 Å². The Morgan fingerprint density at radius 1 is 1.42 bits per heavy atom. The van der Waals surface area contributed by atoms with Gasteiger partial charge >= 0.3 is 12.3 Å². The number of hydrogen-bond donors (Lipinski definition) is 1. The number of carbonyl (C=O) groups is 1. The molecule has 0 aliphatic carbocycles. The minimum atomic E-state index is -4.78. The standard InChI is InChI=1S/C10H8F3N3O3/c11-10(12,13)19-7-3-1-6(2-4-7)5-8(9(17)18)15-16-14/h1-4,8H,5H2,(H,17,18). The van der Waals surface area contributed by atoms with E-state index >= 15 is 0 Å². The Balaban J connectivity index is 2.76. The minimum Gasteiger partial charge on any atom is -0.481 e. The molecule has 1 rings (SSSR count). The van der Waals surface area contributed by atoms with Crippen molar-refractivity contribution in [3.05, 3.63) is 40.3 Å². The van der Waals surface area contributed by atoms with Gasteiger partial charge in [-0.25, -0.2) is 0 Å². The van der Waals surface area contributed by atoms with Gasteiger partial charge in [0.1, 0.15) is 11.8 Å². The summed E-state index contributed by atoms with van der Waals surface area (Å²) in [5.41, 5.74) is 8.60. The number of benzene rings is 1. The predicted octanol–water partition coefficient (Wildman–Crippen LogP) is 2.89. The largest absolute Gasteiger partial charge is 0.573 e. The number of carboxylic acids is 1. The van der Waals surface area contributed by atoms with Crippen LogP contribution in [0.5, 0.6) is 5.75 Å². The average molecular weight is 275 g/mol. The van der Waals surface area contributed by atoms with Gasteiger partial charge in [-0.2, -0.15) is 0 Å². The second-order valence-corrected chi connectivity index (χ2v) is 3.45. The Hall–Kier alpha value is -2.41. The van der Waals surface area contributed by atoms with E-state index in [9.17, 15) is 18.0 Å². The zero-order valence-electron chi connectivity index (χ0n) is 9.33. The van der Waals surface area contributed by atoms with Crippen molar-refractivity contribution in [2.45, 2.75) is 18.8 Å². The molecule has 1 aromatic carbocycles. The van der Waals surface area contributed by atoms with E-state index in [1.165, 1.54) is 12.1 Å². The summed E-state index contributed by atoms with van der Waals surface area (Å²) in [5, 5.41) is 11.8. The van der Waals surface area contributed by atoms with Crippen LogP contribution in [0.3, 0.4) is 0 Å². The highest BCUT2D eigenvalue weighted by molar-refractivity contribution is 5.74. The monoisotopic (exact) mass is 275 g/mol. The molecule has 1 N–H and O–H groups in total. The molecule has 0 saturated heterocycles. The van der Waals surface area contributed by atoms with Crippen LogP contribution in [-0.4, -0.2) is 23.5 Å². The predicted molar refractivity (Wildman–Crippen MR) is 57.4 cm³/mol. The molecule has 0 fully saturated rings. The molecule has 6 nitrogen and oxygen atoms in total. The van der Waals surface area contributed by atoms with Crippen LogP contribution < -0.4 is 4.74 Å². The highest BCUT2D eigenvalue weighted by Crippen LogP contribution is 2.23. The summed E-state index contributed by atoms with van der Waals surface area (Å²) >= 11 is 0. The Bertz CT molecular complexity index is 493. The van der Waals surface area contributed by atoms with Gasteiger partial charge in [0.25, 0.3) is 0 Å². The van der Waals surface area contributed by atoms with E-state index in [0.29, 0.717) is 5.56 Å². The first kappa shape index (κ1) is 14.7. The maximum Gasteiger partial charge on any atom is 0.573 e. The molecular weight excluding hydrogens is 267 g/mol. The van der Waals surface area contributed by atoms with Crippen molar-refractivity contribution >= 4 is 5.97 Å². The Kier molecular flexibility index (Phi) is 4.60. The molecule has 1 aromatic rings. The molecule has 102 valence electrons.